The lowest BCUT2D eigenvalue weighted by Crippen LogP contribution is -2.44. The largest absolute Gasteiger partial charge is 0.337 e. The molecule has 0 aliphatic carbocycles. The molecule has 1 N–H and O–H groups in total. The number of carbonyl (C=O) groups is 2. The minimum Gasteiger partial charge on any atom is -0.337 e. The molecule has 0 radical (unpaired) electrons. The molecule has 39 heavy (non-hydrogen) atoms. The second-order valence-corrected chi connectivity index (χ2v) is 11.8. The van der Waals surface area contributed by atoms with Gasteiger partial charge in [-0.3, -0.25) is 9.69 Å². The van der Waals surface area contributed by atoms with E-state index in [4.69, 9.17) is 0 Å². The van der Waals surface area contributed by atoms with Crippen molar-refractivity contribution in [1.82, 2.24) is 24.1 Å². The van der Waals surface area contributed by atoms with Crippen LogP contribution in [0.25, 0.3) is 10.8 Å². The number of hydrogen-bond acceptors (Lipinski definition) is 5. The summed E-state index contributed by atoms with van der Waals surface area (Å²) in [7, 11) is -3.31. The van der Waals surface area contributed by atoms with Crippen LogP contribution in [0.1, 0.15) is 30.0 Å². The minimum atomic E-state index is -3.31. The number of nitrogens with zero attached hydrogens (tertiary/aromatic N) is 4. The van der Waals surface area contributed by atoms with Gasteiger partial charge in [0.25, 0.3) is 5.91 Å². The summed E-state index contributed by atoms with van der Waals surface area (Å²) < 4.78 is 27.3. The van der Waals surface area contributed by atoms with Crippen LogP contribution in [-0.4, -0.2) is 52.5 Å². The Morgan fingerprint density at radius 3 is 2.36 bits per heavy atom. The number of hydrogen-bond donors (Lipinski definition) is 1. The van der Waals surface area contributed by atoms with Crippen molar-refractivity contribution in [1.29, 1.82) is 0 Å². The van der Waals surface area contributed by atoms with Gasteiger partial charge in [0.1, 0.15) is 5.54 Å². The summed E-state index contributed by atoms with van der Waals surface area (Å²) in [6.45, 7) is 3.17. The van der Waals surface area contributed by atoms with Crippen molar-refractivity contribution in [2.45, 2.75) is 38.5 Å². The highest BCUT2D eigenvalue weighted by Crippen LogP contribution is 2.41. The lowest BCUT2D eigenvalue weighted by molar-refractivity contribution is -0.133. The van der Waals surface area contributed by atoms with Crippen molar-refractivity contribution in [2.75, 3.05) is 12.8 Å². The van der Waals surface area contributed by atoms with Gasteiger partial charge >= 0.3 is 6.03 Å². The molecule has 1 unspecified atom stereocenters. The van der Waals surface area contributed by atoms with Crippen molar-refractivity contribution in [3.05, 3.63) is 102 Å². The summed E-state index contributed by atoms with van der Waals surface area (Å²) in [6.07, 6.45) is 7.00. The highest BCUT2D eigenvalue weighted by Gasteiger charge is 2.55. The van der Waals surface area contributed by atoms with E-state index in [2.05, 4.69) is 9.71 Å². The summed E-state index contributed by atoms with van der Waals surface area (Å²) in [5.74, 6) is -0.247. The number of sulfonamides is 1. The summed E-state index contributed by atoms with van der Waals surface area (Å²) in [5.41, 5.74) is 1.21. The molecule has 5 rings (SSSR count). The molecule has 9 nitrogen and oxygen atoms in total. The first-order valence-corrected chi connectivity index (χ1v) is 14.7. The fraction of sp³-hybridized carbons (Fsp3) is 0.276. The zero-order valence-corrected chi connectivity index (χ0v) is 22.8. The summed E-state index contributed by atoms with van der Waals surface area (Å²) in [4.78, 5) is 35.0. The van der Waals surface area contributed by atoms with Crippen molar-refractivity contribution in [3.63, 3.8) is 0 Å². The summed E-state index contributed by atoms with van der Waals surface area (Å²) in [6, 6.07) is 20.8. The second-order valence-electron chi connectivity index (χ2n) is 9.99. The van der Waals surface area contributed by atoms with E-state index in [0.29, 0.717) is 19.5 Å². The van der Waals surface area contributed by atoms with Crippen LogP contribution in [0.5, 0.6) is 0 Å². The van der Waals surface area contributed by atoms with E-state index in [0.717, 1.165) is 33.7 Å². The Morgan fingerprint density at radius 1 is 0.923 bits per heavy atom. The number of rotatable bonds is 10. The lowest BCUT2D eigenvalue weighted by atomic mass is 9.86. The number of benzene rings is 3. The number of fused-ring (bicyclic) bond motifs is 1. The van der Waals surface area contributed by atoms with Gasteiger partial charge in [-0.1, -0.05) is 66.7 Å². The molecule has 1 saturated heterocycles. The fourth-order valence-electron chi connectivity index (χ4n) is 5.13. The van der Waals surface area contributed by atoms with Crippen LogP contribution in [0.15, 0.2) is 85.5 Å². The number of imidazole rings is 1. The zero-order valence-electron chi connectivity index (χ0n) is 21.9. The van der Waals surface area contributed by atoms with E-state index >= 15 is 0 Å². The Bertz CT molecular complexity index is 1600. The van der Waals surface area contributed by atoms with Gasteiger partial charge in [-0.2, -0.15) is 0 Å². The topological polar surface area (TPSA) is 105 Å². The highest BCUT2D eigenvalue weighted by atomic mass is 32.2. The van der Waals surface area contributed by atoms with Gasteiger partial charge in [-0.25, -0.2) is 22.9 Å². The smallest absolute Gasteiger partial charge is 0.328 e. The molecular formula is C29H31N5O4S. The molecule has 2 heterocycles. The van der Waals surface area contributed by atoms with E-state index in [1.807, 2.05) is 84.4 Å². The van der Waals surface area contributed by atoms with E-state index in [-0.39, 0.29) is 25.0 Å². The Balaban J connectivity index is 1.46. The normalized spacial score (nSPS) is 17.9. The third-order valence-corrected chi connectivity index (χ3v) is 7.91. The van der Waals surface area contributed by atoms with Gasteiger partial charge in [0.15, 0.2) is 0 Å². The molecule has 3 amide bonds. The first-order chi connectivity index (χ1) is 18.7. The van der Waals surface area contributed by atoms with E-state index in [1.54, 1.807) is 17.4 Å². The van der Waals surface area contributed by atoms with Crippen molar-refractivity contribution < 1.29 is 18.0 Å². The first kappa shape index (κ1) is 26.6. The predicted molar refractivity (Wildman–Crippen MR) is 149 cm³/mol. The Hall–Kier alpha value is -4.02. The Morgan fingerprint density at radius 2 is 1.64 bits per heavy atom. The Labute approximate surface area is 228 Å². The molecule has 1 aliphatic heterocycles. The standard InChI is InChI=1S/C29H31N5O4S/c1-29(26-10-5-8-24-7-3-4-9-25(24)26)27(35)33(17-6-16-32-18-15-30-21-32)28(36)34(29)20-23-13-11-22(12-14-23)19-31-39(2,37)38/h3-5,7-15,18,21,31H,6,16-17,19-20H2,1-2H3. The SMILES string of the molecule is CC1(c2cccc3ccccc23)C(=O)N(CCCn2ccnc2)C(=O)N1Cc1ccc(CNS(C)(=O)=O)cc1. The van der Waals surface area contributed by atoms with E-state index in [1.165, 1.54) is 4.90 Å². The average Bonchev–Trinajstić information content (AvgIpc) is 3.50. The molecule has 0 saturated carbocycles. The average molecular weight is 546 g/mol. The van der Waals surface area contributed by atoms with E-state index in [9.17, 15) is 18.0 Å². The Kier molecular flexibility index (Phi) is 7.24. The van der Waals surface area contributed by atoms with Crippen LogP contribution >= 0.6 is 0 Å². The van der Waals surface area contributed by atoms with Crippen molar-refractivity contribution in [3.8, 4) is 0 Å². The predicted octanol–water partition coefficient (Wildman–Crippen LogP) is 3.86. The quantitative estimate of drug-likeness (QED) is 0.305. The molecule has 0 bridgehead atoms. The molecule has 1 aliphatic rings. The van der Waals surface area contributed by atoms with Gasteiger partial charge in [0.2, 0.25) is 10.0 Å². The van der Waals surface area contributed by atoms with Crippen LogP contribution < -0.4 is 4.72 Å². The van der Waals surface area contributed by atoms with Crippen LogP contribution in [0, 0.1) is 0 Å². The fourth-order valence-corrected chi connectivity index (χ4v) is 5.55. The van der Waals surface area contributed by atoms with Gasteiger partial charge in [-0.15, -0.1) is 0 Å². The number of amides is 3. The third-order valence-electron chi connectivity index (χ3n) is 7.24. The lowest BCUT2D eigenvalue weighted by Gasteiger charge is -2.33. The molecule has 10 heteroatoms. The number of aromatic nitrogens is 2. The maximum absolute atomic E-state index is 14.1. The van der Waals surface area contributed by atoms with Crippen molar-refractivity contribution in [2.24, 2.45) is 0 Å². The molecule has 4 aromatic rings. The van der Waals surface area contributed by atoms with Crippen LogP contribution in [0.4, 0.5) is 4.79 Å². The number of imide groups is 1. The zero-order chi connectivity index (χ0) is 27.6. The van der Waals surface area contributed by atoms with Gasteiger partial charge < -0.3 is 9.47 Å². The minimum absolute atomic E-state index is 0.179. The highest BCUT2D eigenvalue weighted by molar-refractivity contribution is 7.88. The van der Waals surface area contributed by atoms with Crippen LogP contribution in [0.3, 0.4) is 0 Å². The number of nitrogens with one attached hydrogen (secondary N) is 1. The van der Waals surface area contributed by atoms with Gasteiger partial charge in [0.05, 0.1) is 12.6 Å². The van der Waals surface area contributed by atoms with Crippen LogP contribution in [-0.2, 0) is 40.0 Å². The van der Waals surface area contributed by atoms with Crippen molar-refractivity contribution >= 4 is 32.7 Å². The molecule has 1 fully saturated rings. The maximum atomic E-state index is 14.1. The number of urea groups is 1. The second kappa shape index (κ2) is 10.6. The molecule has 0 spiro atoms. The third kappa shape index (κ3) is 5.43. The first-order valence-electron chi connectivity index (χ1n) is 12.8. The van der Waals surface area contributed by atoms with E-state index < -0.39 is 15.6 Å². The summed E-state index contributed by atoms with van der Waals surface area (Å²) >= 11 is 0. The monoisotopic (exact) mass is 545 g/mol. The molecule has 202 valence electrons. The molecular weight excluding hydrogens is 514 g/mol. The maximum Gasteiger partial charge on any atom is 0.328 e. The van der Waals surface area contributed by atoms with Gasteiger partial charge in [0, 0.05) is 38.6 Å². The number of aryl methyl sites for hydroxylation is 1. The summed E-state index contributed by atoms with van der Waals surface area (Å²) in [5, 5.41) is 1.92. The van der Waals surface area contributed by atoms with Gasteiger partial charge in [-0.05, 0) is 40.8 Å². The molecule has 1 aromatic heterocycles. The number of carbonyl (C=O) groups excluding carboxylic acids is 2. The molecule has 1 atom stereocenters. The molecule has 3 aromatic carbocycles. The van der Waals surface area contributed by atoms with Crippen LogP contribution in [0.2, 0.25) is 0 Å².